The topological polar surface area (TPSA) is 83.9 Å². The number of carbonyl (C=O) groups is 1. The van der Waals surface area contributed by atoms with Crippen LogP contribution in [0.3, 0.4) is 0 Å². The van der Waals surface area contributed by atoms with Crippen LogP contribution in [-0.4, -0.2) is 50.9 Å². The number of carbonyl (C=O) groups excluding carboxylic acids is 1. The van der Waals surface area contributed by atoms with Crippen LogP contribution in [0.2, 0.25) is 0 Å². The molecular weight excluding hydrogens is 340 g/mol. The maximum Gasteiger partial charge on any atom is 0.229 e. The van der Waals surface area contributed by atoms with Gasteiger partial charge in [0.1, 0.15) is 0 Å². The fourth-order valence-electron chi connectivity index (χ4n) is 3.41. The highest BCUT2D eigenvalue weighted by Gasteiger charge is 2.22. The summed E-state index contributed by atoms with van der Waals surface area (Å²) in [6.45, 7) is 1.99. The Balaban J connectivity index is 1.54. The molecule has 0 spiro atoms. The Morgan fingerprint density at radius 1 is 1.15 bits per heavy atom. The van der Waals surface area contributed by atoms with Crippen molar-refractivity contribution in [1.29, 1.82) is 0 Å². The van der Waals surface area contributed by atoms with Gasteiger partial charge in [-0.05, 0) is 45.5 Å². The summed E-state index contributed by atoms with van der Waals surface area (Å²) in [6, 6.07) is 5.86. The van der Waals surface area contributed by atoms with Gasteiger partial charge in [-0.25, -0.2) is 9.97 Å². The van der Waals surface area contributed by atoms with Crippen molar-refractivity contribution in [2.24, 2.45) is 5.92 Å². The highest BCUT2D eigenvalue weighted by Crippen LogP contribution is 2.22. The first-order chi connectivity index (χ1) is 13.2. The largest absolute Gasteiger partial charge is 0.306 e. The summed E-state index contributed by atoms with van der Waals surface area (Å²) >= 11 is 0. The van der Waals surface area contributed by atoms with E-state index in [4.69, 9.17) is 0 Å². The van der Waals surface area contributed by atoms with E-state index in [1.54, 1.807) is 24.8 Å². The molecule has 4 rings (SSSR count). The molecule has 3 heterocycles. The number of rotatable bonds is 3. The number of hydrogen-bond acceptors (Lipinski definition) is 6. The smallest absolute Gasteiger partial charge is 0.229 e. The first-order valence-electron chi connectivity index (χ1n) is 9.21. The quantitative estimate of drug-likeness (QED) is 0.771. The lowest BCUT2D eigenvalue weighted by Crippen LogP contribution is -2.25. The molecule has 1 unspecified atom stereocenters. The fraction of sp³-hybridized carbons (Fsp3) is 0.350. The second kappa shape index (κ2) is 7.75. The van der Waals surface area contributed by atoms with Gasteiger partial charge >= 0.3 is 0 Å². The number of benzene rings is 1. The number of nitrogens with zero attached hydrogens (tertiary/aromatic N) is 5. The van der Waals surface area contributed by atoms with Crippen molar-refractivity contribution in [3.05, 3.63) is 43.0 Å². The van der Waals surface area contributed by atoms with Crippen molar-refractivity contribution in [3.63, 3.8) is 0 Å². The normalized spacial score (nSPS) is 18.2. The van der Waals surface area contributed by atoms with Gasteiger partial charge in [-0.3, -0.25) is 20.1 Å². The maximum atomic E-state index is 12.6. The van der Waals surface area contributed by atoms with Crippen molar-refractivity contribution >= 4 is 22.8 Å². The Morgan fingerprint density at radius 2 is 2.07 bits per heavy atom. The van der Waals surface area contributed by atoms with E-state index in [1.165, 1.54) is 0 Å². The third kappa shape index (κ3) is 4.09. The number of anilines is 1. The second-order valence-electron chi connectivity index (χ2n) is 6.98. The van der Waals surface area contributed by atoms with Gasteiger partial charge in [-0.2, -0.15) is 0 Å². The lowest BCUT2D eigenvalue weighted by atomic mass is 10.00. The molecule has 138 valence electrons. The van der Waals surface area contributed by atoms with Crippen LogP contribution in [0.1, 0.15) is 19.3 Å². The highest BCUT2D eigenvalue weighted by molar-refractivity contribution is 5.92. The first-order valence-corrected chi connectivity index (χ1v) is 9.21. The van der Waals surface area contributed by atoms with Gasteiger partial charge in [-0.1, -0.05) is 12.1 Å². The van der Waals surface area contributed by atoms with Crippen molar-refractivity contribution < 1.29 is 4.79 Å². The third-order valence-corrected chi connectivity index (χ3v) is 5.00. The molecule has 3 aromatic rings. The molecular formula is C20H22N6O. The average Bonchev–Trinajstić information content (AvgIpc) is 2.92. The van der Waals surface area contributed by atoms with E-state index in [2.05, 4.69) is 37.2 Å². The van der Waals surface area contributed by atoms with Crippen LogP contribution in [0.15, 0.2) is 43.0 Å². The second-order valence-corrected chi connectivity index (χ2v) is 6.98. The first kappa shape index (κ1) is 17.5. The zero-order valence-electron chi connectivity index (χ0n) is 15.3. The van der Waals surface area contributed by atoms with E-state index in [0.717, 1.165) is 54.5 Å². The number of nitrogens with one attached hydrogen (secondary N) is 1. The molecule has 0 aliphatic carbocycles. The molecule has 27 heavy (non-hydrogen) atoms. The van der Waals surface area contributed by atoms with Gasteiger partial charge in [0, 0.05) is 35.5 Å². The molecule has 1 aliphatic rings. The van der Waals surface area contributed by atoms with Crippen LogP contribution in [0.5, 0.6) is 0 Å². The van der Waals surface area contributed by atoms with Crippen LogP contribution in [-0.2, 0) is 4.79 Å². The van der Waals surface area contributed by atoms with Crippen molar-refractivity contribution in [2.75, 3.05) is 25.5 Å². The van der Waals surface area contributed by atoms with E-state index >= 15 is 0 Å². The lowest BCUT2D eigenvalue weighted by Gasteiger charge is -2.14. The minimum Gasteiger partial charge on any atom is -0.306 e. The van der Waals surface area contributed by atoms with Crippen LogP contribution < -0.4 is 5.32 Å². The number of aromatic nitrogens is 4. The Labute approximate surface area is 157 Å². The van der Waals surface area contributed by atoms with E-state index in [1.807, 2.05) is 18.2 Å². The molecule has 0 saturated carbocycles. The zero-order chi connectivity index (χ0) is 18.6. The molecule has 2 aromatic heterocycles. The molecule has 7 nitrogen and oxygen atoms in total. The number of fused-ring (bicyclic) bond motifs is 1. The minimum atomic E-state index is 0.00901. The summed E-state index contributed by atoms with van der Waals surface area (Å²) in [5.41, 5.74) is 2.48. The Bertz CT molecular complexity index is 946. The van der Waals surface area contributed by atoms with Gasteiger partial charge in [0.05, 0.1) is 17.4 Å². The molecule has 1 fully saturated rings. The summed E-state index contributed by atoms with van der Waals surface area (Å²) in [7, 11) is 2.10. The SMILES string of the molecule is CN1CCCC(C(=O)Nc2ncc3ccc(-c4cnccn4)cc3n2)CC1. The molecule has 1 aromatic carbocycles. The average molecular weight is 362 g/mol. The highest BCUT2D eigenvalue weighted by atomic mass is 16.2. The number of hydrogen-bond donors (Lipinski definition) is 1. The van der Waals surface area contributed by atoms with Crippen LogP contribution in [0.4, 0.5) is 5.95 Å². The van der Waals surface area contributed by atoms with Crippen LogP contribution in [0, 0.1) is 5.92 Å². The summed E-state index contributed by atoms with van der Waals surface area (Å²) in [5, 5.41) is 3.81. The zero-order valence-corrected chi connectivity index (χ0v) is 15.3. The van der Waals surface area contributed by atoms with Gasteiger partial charge in [0.25, 0.3) is 0 Å². The molecule has 0 radical (unpaired) electrons. The number of likely N-dealkylation sites (tertiary alicyclic amines) is 1. The number of amides is 1. The third-order valence-electron chi connectivity index (χ3n) is 5.00. The van der Waals surface area contributed by atoms with Crippen molar-refractivity contribution in [1.82, 2.24) is 24.8 Å². The summed E-state index contributed by atoms with van der Waals surface area (Å²) < 4.78 is 0. The molecule has 0 bridgehead atoms. The standard InChI is InChI=1S/C20H22N6O/c1-26-9-2-3-14(6-10-26)19(27)25-20-23-12-16-5-4-15(11-17(16)24-20)18-13-21-7-8-22-18/h4-5,7-8,11-14H,2-3,6,9-10H2,1H3,(H,23,24,25,27). The van der Waals surface area contributed by atoms with Crippen molar-refractivity contribution in [3.8, 4) is 11.3 Å². The van der Waals surface area contributed by atoms with E-state index in [-0.39, 0.29) is 11.8 Å². The van der Waals surface area contributed by atoms with Crippen LogP contribution >= 0.6 is 0 Å². The lowest BCUT2D eigenvalue weighted by molar-refractivity contribution is -0.120. The molecule has 1 amide bonds. The van der Waals surface area contributed by atoms with Gasteiger partial charge in [0.15, 0.2) is 0 Å². The Kier molecular flexibility index (Phi) is 5.02. The Hall–Kier alpha value is -2.93. The van der Waals surface area contributed by atoms with E-state index in [0.29, 0.717) is 5.95 Å². The summed E-state index contributed by atoms with van der Waals surface area (Å²) in [5.74, 6) is 0.372. The summed E-state index contributed by atoms with van der Waals surface area (Å²) in [4.78, 5) is 32.2. The molecule has 1 saturated heterocycles. The fourth-order valence-corrected chi connectivity index (χ4v) is 3.41. The van der Waals surface area contributed by atoms with Gasteiger partial charge in [0.2, 0.25) is 11.9 Å². The van der Waals surface area contributed by atoms with Gasteiger partial charge < -0.3 is 4.90 Å². The van der Waals surface area contributed by atoms with E-state index < -0.39 is 0 Å². The van der Waals surface area contributed by atoms with Crippen LogP contribution in [0.25, 0.3) is 22.2 Å². The monoisotopic (exact) mass is 362 g/mol. The molecule has 1 atom stereocenters. The molecule has 1 N–H and O–H groups in total. The van der Waals surface area contributed by atoms with Gasteiger partial charge in [-0.15, -0.1) is 0 Å². The summed E-state index contributed by atoms with van der Waals surface area (Å²) in [6.07, 6.45) is 9.57. The molecule has 1 aliphatic heterocycles. The van der Waals surface area contributed by atoms with E-state index in [9.17, 15) is 4.79 Å². The minimum absolute atomic E-state index is 0.00901. The molecule has 7 heteroatoms. The maximum absolute atomic E-state index is 12.6. The predicted molar refractivity (Wildman–Crippen MR) is 104 cm³/mol. The predicted octanol–water partition coefficient (Wildman–Crippen LogP) is 2.76. The Morgan fingerprint density at radius 3 is 2.93 bits per heavy atom. The van der Waals surface area contributed by atoms with Crippen molar-refractivity contribution in [2.45, 2.75) is 19.3 Å².